The maximum atomic E-state index is 6.08. The Hall–Kier alpha value is -1.22. The van der Waals surface area contributed by atoms with E-state index in [-0.39, 0.29) is 6.04 Å². The van der Waals surface area contributed by atoms with Gasteiger partial charge < -0.3 is 15.8 Å². The average molecular weight is 250 g/mol. The molecule has 0 aromatic heterocycles. The number of ether oxygens (including phenoxy) is 1. The molecular formula is C15H26N2O. The van der Waals surface area contributed by atoms with Crippen molar-refractivity contribution in [2.24, 2.45) is 11.7 Å². The van der Waals surface area contributed by atoms with Crippen molar-refractivity contribution < 1.29 is 4.74 Å². The lowest BCUT2D eigenvalue weighted by Crippen LogP contribution is -2.30. The van der Waals surface area contributed by atoms with Gasteiger partial charge in [0.15, 0.2) is 0 Å². The number of rotatable bonds is 7. The van der Waals surface area contributed by atoms with Gasteiger partial charge in [0.25, 0.3) is 0 Å². The third-order valence-corrected chi connectivity index (χ3v) is 2.76. The fourth-order valence-electron chi connectivity index (χ4n) is 1.99. The summed E-state index contributed by atoms with van der Waals surface area (Å²) in [6.07, 6.45) is 1.03. The first kappa shape index (κ1) is 14.8. The fraction of sp³-hybridized carbons (Fsp3) is 0.600. The van der Waals surface area contributed by atoms with Gasteiger partial charge in [0.05, 0.1) is 12.3 Å². The number of benzene rings is 1. The van der Waals surface area contributed by atoms with E-state index in [2.05, 4.69) is 38.2 Å². The molecule has 3 N–H and O–H groups in total. The maximum absolute atomic E-state index is 6.08. The highest BCUT2D eigenvalue weighted by Crippen LogP contribution is 2.25. The van der Waals surface area contributed by atoms with E-state index in [0.717, 1.165) is 24.4 Å². The van der Waals surface area contributed by atoms with Gasteiger partial charge in [0.2, 0.25) is 0 Å². The summed E-state index contributed by atoms with van der Waals surface area (Å²) < 4.78 is 5.60. The Morgan fingerprint density at radius 2 is 2.06 bits per heavy atom. The second kappa shape index (κ2) is 7.27. The molecule has 1 rings (SSSR count). The number of anilines is 1. The summed E-state index contributed by atoms with van der Waals surface area (Å²) in [7, 11) is 0. The van der Waals surface area contributed by atoms with Crippen LogP contribution in [0, 0.1) is 12.8 Å². The van der Waals surface area contributed by atoms with Crippen LogP contribution >= 0.6 is 0 Å². The Labute approximate surface area is 111 Å². The predicted octanol–water partition coefficient (Wildman–Crippen LogP) is 3.18. The molecule has 0 heterocycles. The van der Waals surface area contributed by atoms with Gasteiger partial charge in [0.1, 0.15) is 5.75 Å². The van der Waals surface area contributed by atoms with Crippen LogP contribution in [0.1, 0.15) is 32.8 Å². The van der Waals surface area contributed by atoms with Crippen LogP contribution in [0.2, 0.25) is 0 Å². The normalized spacial score (nSPS) is 12.6. The zero-order chi connectivity index (χ0) is 13.5. The van der Waals surface area contributed by atoms with E-state index < -0.39 is 0 Å². The van der Waals surface area contributed by atoms with Gasteiger partial charge in [-0.2, -0.15) is 0 Å². The second-order valence-electron chi connectivity index (χ2n) is 5.20. The highest BCUT2D eigenvalue weighted by Gasteiger charge is 2.08. The number of nitrogens with one attached hydrogen (secondary N) is 1. The van der Waals surface area contributed by atoms with E-state index >= 15 is 0 Å². The molecule has 0 saturated heterocycles. The molecule has 1 unspecified atom stereocenters. The van der Waals surface area contributed by atoms with Crippen LogP contribution in [0.3, 0.4) is 0 Å². The van der Waals surface area contributed by atoms with Crippen LogP contribution in [0.15, 0.2) is 18.2 Å². The van der Waals surface area contributed by atoms with Crippen molar-refractivity contribution in [3.63, 3.8) is 0 Å². The minimum Gasteiger partial charge on any atom is -0.492 e. The van der Waals surface area contributed by atoms with Gasteiger partial charge >= 0.3 is 0 Å². The van der Waals surface area contributed by atoms with Gasteiger partial charge in [-0.15, -0.1) is 0 Å². The van der Waals surface area contributed by atoms with Crippen molar-refractivity contribution >= 4 is 5.69 Å². The molecule has 0 aliphatic rings. The van der Waals surface area contributed by atoms with Crippen molar-refractivity contribution in [2.45, 2.75) is 40.2 Å². The number of aryl methyl sites for hydroxylation is 1. The lowest BCUT2D eigenvalue weighted by molar-refractivity contribution is 0.341. The largest absolute Gasteiger partial charge is 0.492 e. The first-order valence-electron chi connectivity index (χ1n) is 6.75. The van der Waals surface area contributed by atoms with Crippen LogP contribution < -0.4 is 15.8 Å². The van der Waals surface area contributed by atoms with Gasteiger partial charge in [0, 0.05) is 12.6 Å². The van der Waals surface area contributed by atoms with Crippen LogP contribution in [0.4, 0.5) is 5.69 Å². The summed E-state index contributed by atoms with van der Waals surface area (Å²) in [6.45, 7) is 9.91. The molecule has 0 spiro atoms. The molecule has 0 amide bonds. The molecule has 1 atom stereocenters. The van der Waals surface area contributed by atoms with Crippen molar-refractivity contribution in [1.82, 2.24) is 0 Å². The zero-order valence-corrected chi connectivity index (χ0v) is 12.0. The fourth-order valence-corrected chi connectivity index (χ4v) is 1.99. The van der Waals surface area contributed by atoms with Crippen LogP contribution in [-0.4, -0.2) is 19.2 Å². The summed E-state index contributed by atoms with van der Waals surface area (Å²) in [5.74, 6) is 1.53. The Morgan fingerprint density at radius 1 is 1.33 bits per heavy atom. The van der Waals surface area contributed by atoms with Crippen LogP contribution in [-0.2, 0) is 0 Å². The van der Waals surface area contributed by atoms with E-state index in [4.69, 9.17) is 10.5 Å². The summed E-state index contributed by atoms with van der Waals surface area (Å²) in [6, 6.07) is 6.35. The van der Waals surface area contributed by atoms with Gasteiger partial charge in [-0.3, -0.25) is 0 Å². The number of nitrogens with two attached hydrogens (primary N) is 1. The Bertz CT molecular complexity index is 364. The molecule has 1 aromatic carbocycles. The average Bonchev–Trinajstić information content (AvgIpc) is 2.29. The summed E-state index contributed by atoms with van der Waals surface area (Å²) in [4.78, 5) is 0. The molecule has 0 fully saturated rings. The highest BCUT2D eigenvalue weighted by molar-refractivity contribution is 5.58. The smallest absolute Gasteiger partial charge is 0.142 e. The third kappa shape index (κ3) is 4.96. The second-order valence-corrected chi connectivity index (χ2v) is 5.20. The lowest BCUT2D eigenvalue weighted by atomic mass is 10.0. The van der Waals surface area contributed by atoms with Crippen molar-refractivity contribution in [2.75, 3.05) is 18.5 Å². The molecule has 0 saturated carbocycles. The lowest BCUT2D eigenvalue weighted by Gasteiger charge is -2.18. The van der Waals surface area contributed by atoms with E-state index in [9.17, 15) is 0 Å². The molecular weight excluding hydrogens is 224 g/mol. The number of hydrogen-bond acceptors (Lipinski definition) is 3. The van der Waals surface area contributed by atoms with Crippen molar-refractivity contribution in [3.8, 4) is 5.75 Å². The first-order chi connectivity index (χ1) is 8.52. The standard InChI is InChI=1S/C15H26N2O/c1-5-18-15-7-6-12(4)9-14(15)17-10-13(16)8-11(2)3/h6-7,9,11,13,17H,5,8,10,16H2,1-4H3. The molecule has 0 aliphatic carbocycles. The molecule has 18 heavy (non-hydrogen) atoms. The highest BCUT2D eigenvalue weighted by atomic mass is 16.5. The third-order valence-electron chi connectivity index (χ3n) is 2.76. The quantitative estimate of drug-likeness (QED) is 0.781. The molecule has 0 radical (unpaired) electrons. The minimum atomic E-state index is 0.181. The monoisotopic (exact) mass is 250 g/mol. The van der Waals surface area contributed by atoms with E-state index in [1.165, 1.54) is 5.56 Å². The van der Waals surface area contributed by atoms with Gasteiger partial charge in [-0.05, 0) is 43.9 Å². The summed E-state index contributed by atoms with van der Waals surface area (Å²) in [5, 5.41) is 3.39. The maximum Gasteiger partial charge on any atom is 0.142 e. The van der Waals surface area contributed by atoms with Crippen molar-refractivity contribution in [3.05, 3.63) is 23.8 Å². The molecule has 1 aromatic rings. The zero-order valence-electron chi connectivity index (χ0n) is 12.0. The van der Waals surface area contributed by atoms with Gasteiger partial charge in [-0.1, -0.05) is 19.9 Å². The minimum absolute atomic E-state index is 0.181. The molecule has 0 bridgehead atoms. The number of hydrogen-bond donors (Lipinski definition) is 2. The van der Waals surface area contributed by atoms with E-state index in [0.29, 0.717) is 12.5 Å². The predicted molar refractivity (Wildman–Crippen MR) is 78.3 cm³/mol. The molecule has 3 nitrogen and oxygen atoms in total. The topological polar surface area (TPSA) is 47.3 Å². The SMILES string of the molecule is CCOc1ccc(C)cc1NCC(N)CC(C)C. The van der Waals surface area contributed by atoms with E-state index in [1.807, 2.05) is 13.0 Å². The van der Waals surface area contributed by atoms with Crippen LogP contribution in [0.5, 0.6) is 5.75 Å². The van der Waals surface area contributed by atoms with E-state index in [1.54, 1.807) is 0 Å². The Balaban J connectivity index is 2.62. The molecule has 0 aliphatic heterocycles. The molecule has 102 valence electrons. The summed E-state index contributed by atoms with van der Waals surface area (Å²) >= 11 is 0. The summed E-state index contributed by atoms with van der Waals surface area (Å²) in [5.41, 5.74) is 8.34. The van der Waals surface area contributed by atoms with Crippen molar-refractivity contribution in [1.29, 1.82) is 0 Å². The van der Waals surface area contributed by atoms with Crippen LogP contribution in [0.25, 0.3) is 0 Å². The Morgan fingerprint density at radius 3 is 2.67 bits per heavy atom. The Kier molecular flexibility index (Phi) is 5.99. The first-order valence-corrected chi connectivity index (χ1v) is 6.75. The van der Waals surface area contributed by atoms with Gasteiger partial charge in [-0.25, -0.2) is 0 Å². The molecule has 3 heteroatoms.